The van der Waals surface area contributed by atoms with Crippen LogP contribution in [-0.2, 0) is 22.1 Å². The summed E-state index contributed by atoms with van der Waals surface area (Å²) in [7, 11) is -1.48. The van der Waals surface area contributed by atoms with E-state index in [9.17, 15) is 22.2 Å². The molecule has 2 aromatic rings. The molecule has 1 saturated heterocycles. The van der Waals surface area contributed by atoms with Crippen molar-refractivity contribution in [3.63, 3.8) is 0 Å². The van der Waals surface area contributed by atoms with Crippen molar-refractivity contribution < 1.29 is 36.8 Å². The molecule has 55 heavy (non-hydrogen) atoms. The number of aliphatic hydroxyl groups excluding tert-OH is 1. The number of fused-ring (bicyclic) bond motifs is 1. The zero-order valence-corrected chi connectivity index (χ0v) is 34.7. The molecule has 0 spiro atoms. The molecule has 1 amide bonds. The molecule has 9 nitrogen and oxygen atoms in total. The molecule has 0 aliphatic carbocycles. The van der Waals surface area contributed by atoms with Gasteiger partial charge in [-0.05, 0) is 84.9 Å². The molecule has 2 aromatic carbocycles. The van der Waals surface area contributed by atoms with Gasteiger partial charge in [0.2, 0.25) is 0 Å². The molecule has 0 radical (unpaired) electrons. The SMILES string of the molecule is CCCc1cc(Cl)ccc1C1COc2ccc3cc2N(C1)CC(C)C(CC)C(C)/C=C/CC(C)C(C)S(=O)NC3=O.NCC1COCCN1.OCC(F)(F)F. The fraction of sp³-hybridized carbons (Fsp3) is 0.634. The van der Waals surface area contributed by atoms with Crippen LogP contribution in [0.15, 0.2) is 48.6 Å². The third-order valence-corrected chi connectivity index (χ3v) is 12.4. The summed E-state index contributed by atoms with van der Waals surface area (Å²) < 4.78 is 59.1. The molecular weight excluding hydrogens is 753 g/mol. The number of alkyl halides is 3. The van der Waals surface area contributed by atoms with Crippen LogP contribution in [0.4, 0.5) is 18.9 Å². The van der Waals surface area contributed by atoms with E-state index < -0.39 is 23.8 Å². The van der Waals surface area contributed by atoms with Crippen LogP contribution in [-0.4, -0.2) is 85.3 Å². The van der Waals surface area contributed by atoms with Gasteiger partial charge in [0.15, 0.2) is 0 Å². The molecule has 1 fully saturated rings. The molecule has 310 valence electrons. The molecule has 5 rings (SSSR count). The fourth-order valence-electron chi connectivity index (χ4n) is 7.30. The second-order valence-corrected chi connectivity index (χ2v) is 16.9. The number of hydrogen-bond donors (Lipinski definition) is 4. The lowest BCUT2D eigenvalue weighted by atomic mass is 9.80. The van der Waals surface area contributed by atoms with Gasteiger partial charge in [-0.3, -0.25) is 9.52 Å². The summed E-state index contributed by atoms with van der Waals surface area (Å²) >= 11 is 6.41. The third kappa shape index (κ3) is 14.6. The second kappa shape index (κ2) is 22.9. The first-order valence-corrected chi connectivity index (χ1v) is 21.1. The number of amides is 1. The van der Waals surface area contributed by atoms with Crippen LogP contribution in [0.25, 0.3) is 0 Å². The third-order valence-electron chi connectivity index (χ3n) is 10.6. The minimum absolute atomic E-state index is 0.156. The Labute approximate surface area is 333 Å². The molecule has 0 aromatic heterocycles. The number of nitrogens with one attached hydrogen (secondary N) is 2. The van der Waals surface area contributed by atoms with Crippen LogP contribution in [0.2, 0.25) is 5.02 Å². The highest BCUT2D eigenvalue weighted by molar-refractivity contribution is 7.84. The molecule has 5 N–H and O–H groups in total. The monoisotopic (exact) mass is 814 g/mol. The Kier molecular flexibility index (Phi) is 19.4. The number of allylic oxidation sites excluding steroid dienone is 2. The Bertz CT molecular complexity index is 1540. The summed E-state index contributed by atoms with van der Waals surface area (Å²) in [5, 5.41) is 11.1. The van der Waals surface area contributed by atoms with E-state index in [1.165, 1.54) is 11.1 Å². The van der Waals surface area contributed by atoms with Crippen molar-refractivity contribution in [3.05, 3.63) is 70.3 Å². The van der Waals surface area contributed by atoms with Crippen molar-refractivity contribution in [1.82, 2.24) is 10.0 Å². The second-order valence-electron chi connectivity index (χ2n) is 14.9. The van der Waals surface area contributed by atoms with Gasteiger partial charge in [0, 0.05) is 48.7 Å². The highest BCUT2D eigenvalue weighted by Gasteiger charge is 2.31. The van der Waals surface area contributed by atoms with Crippen LogP contribution >= 0.6 is 11.6 Å². The molecule has 0 saturated carbocycles. The van der Waals surface area contributed by atoms with Crippen molar-refractivity contribution in [2.75, 3.05) is 57.5 Å². The molecule has 8 unspecified atom stereocenters. The predicted molar refractivity (Wildman–Crippen MR) is 217 cm³/mol. The van der Waals surface area contributed by atoms with Crippen molar-refractivity contribution in [2.24, 2.45) is 29.4 Å². The van der Waals surface area contributed by atoms with E-state index in [1.807, 2.05) is 25.1 Å². The number of morpholine rings is 1. The van der Waals surface area contributed by atoms with Gasteiger partial charge >= 0.3 is 6.18 Å². The Balaban J connectivity index is 0.000000487. The summed E-state index contributed by atoms with van der Waals surface area (Å²) in [6.07, 6.45) is 4.12. The minimum atomic E-state index is -4.40. The number of nitrogens with two attached hydrogens (primary N) is 1. The van der Waals surface area contributed by atoms with Crippen LogP contribution in [0.1, 0.15) is 88.2 Å². The lowest BCUT2D eigenvalue weighted by Gasteiger charge is -2.35. The molecule has 3 aliphatic rings. The molecule has 3 heterocycles. The quantitative estimate of drug-likeness (QED) is 0.230. The van der Waals surface area contributed by atoms with Gasteiger partial charge in [-0.2, -0.15) is 13.2 Å². The van der Waals surface area contributed by atoms with Gasteiger partial charge < -0.3 is 30.5 Å². The maximum absolute atomic E-state index is 13.3. The first-order valence-electron chi connectivity index (χ1n) is 19.5. The van der Waals surface area contributed by atoms with Crippen molar-refractivity contribution >= 4 is 34.2 Å². The highest BCUT2D eigenvalue weighted by atomic mass is 35.5. The number of aryl methyl sites for hydroxylation is 1. The van der Waals surface area contributed by atoms with E-state index in [0.29, 0.717) is 42.5 Å². The van der Waals surface area contributed by atoms with Gasteiger partial charge in [0.25, 0.3) is 5.91 Å². The molecule has 8 atom stereocenters. The van der Waals surface area contributed by atoms with Gasteiger partial charge in [0.05, 0.1) is 30.8 Å². The molecule has 2 bridgehead atoms. The number of aliphatic hydroxyl groups is 1. The predicted octanol–water partition coefficient (Wildman–Crippen LogP) is 7.43. The number of ether oxygens (including phenoxy) is 2. The lowest BCUT2D eigenvalue weighted by molar-refractivity contribution is -0.159. The van der Waals surface area contributed by atoms with Crippen LogP contribution in [0, 0.1) is 23.7 Å². The number of halogens is 4. The smallest absolute Gasteiger partial charge is 0.411 e. The Hall–Kier alpha value is -2.68. The average molecular weight is 815 g/mol. The van der Waals surface area contributed by atoms with Gasteiger partial charge in [-0.15, -0.1) is 0 Å². The van der Waals surface area contributed by atoms with E-state index in [-0.39, 0.29) is 23.0 Å². The number of carbonyl (C=O) groups excluding carboxylic acids is 1. The molecule has 14 heteroatoms. The number of hydrogen-bond acceptors (Lipinski definition) is 8. The largest absolute Gasteiger partial charge is 0.491 e. The van der Waals surface area contributed by atoms with E-state index >= 15 is 0 Å². The van der Waals surface area contributed by atoms with Gasteiger partial charge in [-0.1, -0.05) is 77.3 Å². The van der Waals surface area contributed by atoms with E-state index in [0.717, 1.165) is 75.0 Å². The Morgan fingerprint density at radius 3 is 2.38 bits per heavy atom. The fourth-order valence-corrected chi connectivity index (χ4v) is 8.51. The highest BCUT2D eigenvalue weighted by Crippen LogP contribution is 2.39. The Morgan fingerprint density at radius 2 is 1.78 bits per heavy atom. The van der Waals surface area contributed by atoms with E-state index in [4.69, 9.17) is 31.9 Å². The van der Waals surface area contributed by atoms with Gasteiger partial charge in [-0.25, -0.2) is 4.21 Å². The summed E-state index contributed by atoms with van der Waals surface area (Å²) in [6, 6.07) is 12.3. The van der Waals surface area contributed by atoms with Crippen molar-refractivity contribution in [2.45, 2.75) is 90.6 Å². The number of rotatable bonds is 5. The van der Waals surface area contributed by atoms with E-state index in [1.54, 1.807) is 6.07 Å². The zero-order chi connectivity index (χ0) is 40.7. The summed E-state index contributed by atoms with van der Waals surface area (Å²) in [6.45, 7) is 16.9. The number of benzene rings is 2. The first-order chi connectivity index (χ1) is 26.1. The first kappa shape index (κ1) is 46.7. The maximum atomic E-state index is 13.3. The number of carbonyl (C=O) groups is 1. The maximum Gasteiger partial charge on any atom is 0.411 e. The molecule has 3 aliphatic heterocycles. The van der Waals surface area contributed by atoms with E-state index in [2.05, 4.69) is 73.8 Å². The lowest BCUT2D eigenvalue weighted by Crippen LogP contribution is -2.45. The van der Waals surface area contributed by atoms with Crippen LogP contribution in [0.5, 0.6) is 5.75 Å². The average Bonchev–Trinajstić information content (AvgIpc) is 3.34. The Morgan fingerprint density at radius 1 is 1.05 bits per heavy atom. The topological polar surface area (TPSA) is 126 Å². The normalized spacial score (nSPS) is 28.2. The van der Waals surface area contributed by atoms with Crippen LogP contribution < -0.4 is 25.4 Å². The summed E-state index contributed by atoms with van der Waals surface area (Å²) in [5.41, 5.74) is 9.35. The zero-order valence-electron chi connectivity index (χ0n) is 33.2. The molecular formula is C41H62ClF3N4O5S. The number of nitrogens with zero attached hydrogens (tertiary/aromatic N) is 1. The van der Waals surface area contributed by atoms with Crippen molar-refractivity contribution in [3.8, 4) is 5.75 Å². The van der Waals surface area contributed by atoms with Crippen molar-refractivity contribution in [1.29, 1.82) is 0 Å². The van der Waals surface area contributed by atoms with Gasteiger partial charge in [0.1, 0.15) is 23.3 Å². The number of anilines is 1. The summed E-state index contributed by atoms with van der Waals surface area (Å²) in [5.74, 6) is 2.15. The van der Waals surface area contributed by atoms with Crippen LogP contribution in [0.3, 0.4) is 0 Å². The standard InChI is InChI=1S/C34H47ClN2O3S.C5H12N2O.C2H3F3O/c1-7-10-26-17-29(35)14-15-31(26)28-20-37-19-24(5)30(8-2)23(4)12-9-11-22(3)25(6)41(39)36-34(38)27-13-16-33(40-21-28)32(37)18-27;6-3-5-4-8-2-1-7-5;3-2(4,5)1-6/h9,12-18,22-25,28,30H,7-8,10-11,19-21H2,1-6H3,(H,36,38);5,7H,1-4,6H2;6H,1H2/b12-9+;;. The summed E-state index contributed by atoms with van der Waals surface area (Å²) in [4.78, 5) is 15.7. The minimum Gasteiger partial charge on any atom is -0.491 e.